The number of nitrogens with zero attached hydrogens (tertiary/aromatic N) is 2. The van der Waals surface area contributed by atoms with Crippen LogP contribution in [-0.4, -0.2) is 46.5 Å². The SMILES string of the molecule is O=C(CN1C(=O)S/C(=C/c2cccc(OCc3ccc(Cl)cc3Cl)c2)C1=O)N1CCCC1. The first-order valence-electron chi connectivity index (χ1n) is 10.1. The maximum Gasteiger partial charge on any atom is 0.294 e. The molecular weight excluding hydrogens is 471 g/mol. The molecule has 2 heterocycles. The fraction of sp³-hybridized carbons (Fsp3) is 0.261. The van der Waals surface area contributed by atoms with Crippen LogP contribution >= 0.6 is 35.0 Å². The normalized spacial score (nSPS) is 17.5. The number of ether oxygens (including phenoxy) is 1. The van der Waals surface area contributed by atoms with Gasteiger partial charge in [-0.2, -0.15) is 0 Å². The van der Waals surface area contributed by atoms with E-state index in [0.717, 1.165) is 35.1 Å². The third kappa shape index (κ3) is 5.28. The molecule has 0 saturated carbocycles. The van der Waals surface area contributed by atoms with Crippen LogP contribution in [0.2, 0.25) is 10.0 Å². The zero-order valence-electron chi connectivity index (χ0n) is 17.1. The maximum atomic E-state index is 12.7. The van der Waals surface area contributed by atoms with Gasteiger partial charge in [-0.25, -0.2) is 0 Å². The van der Waals surface area contributed by atoms with Gasteiger partial charge in [-0.1, -0.05) is 41.4 Å². The molecule has 4 rings (SSSR count). The molecule has 0 spiro atoms. The molecule has 9 heteroatoms. The quantitative estimate of drug-likeness (QED) is 0.518. The van der Waals surface area contributed by atoms with E-state index >= 15 is 0 Å². The Morgan fingerprint density at radius 2 is 1.88 bits per heavy atom. The van der Waals surface area contributed by atoms with E-state index in [1.54, 1.807) is 47.4 Å². The van der Waals surface area contributed by atoms with E-state index in [-0.39, 0.29) is 24.0 Å². The van der Waals surface area contributed by atoms with Crippen molar-refractivity contribution in [3.63, 3.8) is 0 Å². The molecule has 3 amide bonds. The molecule has 0 N–H and O–H groups in total. The van der Waals surface area contributed by atoms with Crippen molar-refractivity contribution in [3.8, 4) is 5.75 Å². The second-order valence-electron chi connectivity index (χ2n) is 7.45. The summed E-state index contributed by atoms with van der Waals surface area (Å²) in [6, 6.07) is 12.4. The molecule has 2 aromatic carbocycles. The number of benzene rings is 2. The Bertz CT molecular complexity index is 1100. The van der Waals surface area contributed by atoms with Gasteiger partial charge in [0, 0.05) is 28.7 Å². The Morgan fingerprint density at radius 3 is 2.62 bits per heavy atom. The molecule has 0 bridgehead atoms. The van der Waals surface area contributed by atoms with Crippen LogP contribution in [-0.2, 0) is 16.2 Å². The van der Waals surface area contributed by atoms with E-state index in [4.69, 9.17) is 27.9 Å². The molecule has 2 saturated heterocycles. The average molecular weight is 491 g/mol. The summed E-state index contributed by atoms with van der Waals surface area (Å²) in [6.45, 7) is 1.40. The zero-order chi connectivity index (χ0) is 22.7. The predicted molar refractivity (Wildman–Crippen MR) is 126 cm³/mol. The number of imide groups is 1. The molecule has 2 aliphatic rings. The minimum Gasteiger partial charge on any atom is -0.489 e. The Morgan fingerprint density at radius 1 is 1.09 bits per heavy atom. The van der Waals surface area contributed by atoms with Crippen LogP contribution in [0, 0.1) is 0 Å². The smallest absolute Gasteiger partial charge is 0.294 e. The average Bonchev–Trinajstić information content (AvgIpc) is 3.39. The number of hydrogen-bond donors (Lipinski definition) is 0. The van der Waals surface area contributed by atoms with Crippen molar-refractivity contribution in [1.82, 2.24) is 9.80 Å². The van der Waals surface area contributed by atoms with Crippen LogP contribution < -0.4 is 4.74 Å². The Kier molecular flexibility index (Phi) is 7.08. The van der Waals surface area contributed by atoms with Crippen molar-refractivity contribution >= 4 is 58.1 Å². The number of amides is 3. The largest absolute Gasteiger partial charge is 0.489 e. The molecule has 6 nitrogen and oxygen atoms in total. The molecule has 0 radical (unpaired) electrons. The van der Waals surface area contributed by atoms with E-state index in [2.05, 4.69) is 0 Å². The van der Waals surface area contributed by atoms with Gasteiger partial charge in [0.05, 0.1) is 4.91 Å². The lowest BCUT2D eigenvalue weighted by molar-refractivity contribution is -0.135. The summed E-state index contributed by atoms with van der Waals surface area (Å²) in [4.78, 5) is 40.4. The molecule has 2 aromatic rings. The molecule has 166 valence electrons. The number of rotatable bonds is 6. The third-order valence-electron chi connectivity index (χ3n) is 5.19. The molecule has 32 heavy (non-hydrogen) atoms. The van der Waals surface area contributed by atoms with Gasteiger partial charge in [-0.3, -0.25) is 19.3 Å². The molecule has 2 aliphatic heterocycles. The van der Waals surface area contributed by atoms with Gasteiger partial charge in [0.15, 0.2) is 0 Å². The molecule has 0 aliphatic carbocycles. The Balaban J connectivity index is 1.42. The van der Waals surface area contributed by atoms with Gasteiger partial charge >= 0.3 is 0 Å². The van der Waals surface area contributed by atoms with Crippen LogP contribution in [0.5, 0.6) is 5.75 Å². The summed E-state index contributed by atoms with van der Waals surface area (Å²) >= 11 is 12.9. The van der Waals surface area contributed by atoms with Gasteiger partial charge in [-0.15, -0.1) is 0 Å². The number of hydrogen-bond acceptors (Lipinski definition) is 5. The summed E-state index contributed by atoms with van der Waals surface area (Å²) < 4.78 is 5.82. The third-order valence-corrected chi connectivity index (χ3v) is 6.69. The van der Waals surface area contributed by atoms with Gasteiger partial charge in [0.25, 0.3) is 11.1 Å². The Hall–Kier alpha value is -2.48. The van der Waals surface area contributed by atoms with Gasteiger partial charge in [0.2, 0.25) is 5.91 Å². The summed E-state index contributed by atoms with van der Waals surface area (Å²) in [5.41, 5.74) is 1.51. The van der Waals surface area contributed by atoms with E-state index in [9.17, 15) is 14.4 Å². The Labute approximate surface area is 200 Å². The lowest BCUT2D eigenvalue weighted by atomic mass is 10.2. The minimum atomic E-state index is -0.452. The van der Waals surface area contributed by atoms with Crippen molar-refractivity contribution in [2.75, 3.05) is 19.6 Å². The first kappa shape index (κ1) is 22.7. The number of carbonyl (C=O) groups excluding carboxylic acids is 3. The van der Waals surface area contributed by atoms with E-state index in [0.29, 0.717) is 34.4 Å². The van der Waals surface area contributed by atoms with Crippen molar-refractivity contribution in [1.29, 1.82) is 0 Å². The van der Waals surface area contributed by atoms with Crippen LogP contribution in [0.4, 0.5) is 4.79 Å². The summed E-state index contributed by atoms with van der Waals surface area (Å²) in [7, 11) is 0. The van der Waals surface area contributed by atoms with Crippen molar-refractivity contribution in [2.24, 2.45) is 0 Å². The minimum absolute atomic E-state index is 0.192. The lowest BCUT2D eigenvalue weighted by Crippen LogP contribution is -2.40. The highest BCUT2D eigenvalue weighted by Gasteiger charge is 2.37. The number of halogens is 2. The van der Waals surface area contributed by atoms with Crippen molar-refractivity contribution in [2.45, 2.75) is 19.4 Å². The van der Waals surface area contributed by atoms with E-state index in [1.165, 1.54) is 0 Å². The highest BCUT2D eigenvalue weighted by molar-refractivity contribution is 8.18. The van der Waals surface area contributed by atoms with Crippen LogP contribution in [0.15, 0.2) is 47.4 Å². The topological polar surface area (TPSA) is 66.9 Å². The van der Waals surface area contributed by atoms with E-state index in [1.807, 2.05) is 6.07 Å². The number of carbonyl (C=O) groups is 3. The second kappa shape index (κ2) is 9.98. The molecular formula is C23H20Cl2N2O4S. The molecule has 2 fully saturated rings. The number of likely N-dealkylation sites (tertiary alicyclic amines) is 1. The summed E-state index contributed by atoms with van der Waals surface area (Å²) in [5.74, 6) is -0.0534. The number of thioether (sulfide) groups is 1. The first-order valence-corrected chi connectivity index (χ1v) is 11.7. The predicted octanol–water partition coefficient (Wildman–Crippen LogP) is 5.23. The first-order chi connectivity index (χ1) is 15.4. The molecule has 0 unspecified atom stereocenters. The van der Waals surface area contributed by atoms with E-state index < -0.39 is 11.1 Å². The fourth-order valence-electron chi connectivity index (χ4n) is 3.48. The molecule has 0 aromatic heterocycles. The highest BCUT2D eigenvalue weighted by atomic mass is 35.5. The second-order valence-corrected chi connectivity index (χ2v) is 9.29. The summed E-state index contributed by atoms with van der Waals surface area (Å²) in [5, 5.41) is 0.640. The summed E-state index contributed by atoms with van der Waals surface area (Å²) in [6.07, 6.45) is 3.54. The highest BCUT2D eigenvalue weighted by Crippen LogP contribution is 2.33. The maximum absolute atomic E-state index is 12.7. The van der Waals surface area contributed by atoms with Gasteiger partial charge in [-0.05, 0) is 60.5 Å². The monoisotopic (exact) mass is 490 g/mol. The van der Waals surface area contributed by atoms with Crippen molar-refractivity contribution in [3.05, 3.63) is 68.5 Å². The van der Waals surface area contributed by atoms with Crippen molar-refractivity contribution < 1.29 is 19.1 Å². The lowest BCUT2D eigenvalue weighted by Gasteiger charge is -2.18. The van der Waals surface area contributed by atoms with Crippen LogP contribution in [0.1, 0.15) is 24.0 Å². The zero-order valence-corrected chi connectivity index (χ0v) is 19.4. The van der Waals surface area contributed by atoms with Gasteiger partial charge < -0.3 is 9.64 Å². The molecule has 0 atom stereocenters. The van der Waals surface area contributed by atoms with Crippen LogP contribution in [0.25, 0.3) is 6.08 Å². The standard InChI is InChI=1S/C23H20Cl2N2O4S/c24-17-7-6-16(19(25)12-17)14-31-18-5-3-4-15(10-18)11-20-22(29)27(23(30)32-20)13-21(28)26-8-1-2-9-26/h3-7,10-12H,1-2,8-9,13-14H2/b20-11+. The van der Waals surface area contributed by atoms with Gasteiger partial charge in [0.1, 0.15) is 18.9 Å². The fourth-order valence-corrected chi connectivity index (χ4v) is 4.78. The van der Waals surface area contributed by atoms with Crippen LogP contribution in [0.3, 0.4) is 0 Å².